The Bertz CT molecular complexity index is 1330. The Hall–Kier alpha value is -1.27. The molecule has 0 aromatic carbocycles. The van der Waals surface area contributed by atoms with E-state index < -0.39 is 86.8 Å². The van der Waals surface area contributed by atoms with E-state index in [0.29, 0.717) is 19.3 Å². The third-order valence-electron chi connectivity index (χ3n) is 16.0. The molecule has 0 saturated carbocycles. The van der Waals surface area contributed by atoms with Crippen LogP contribution >= 0.6 is 0 Å². The summed E-state index contributed by atoms with van der Waals surface area (Å²) in [4.78, 5) is 13.3. The first-order valence-electron chi connectivity index (χ1n) is 31.9. The number of ether oxygens (including phenoxy) is 4. The molecule has 76 heavy (non-hydrogen) atoms. The number of nitrogens with one attached hydrogen (secondary N) is 1. The fraction of sp³-hybridized carbons (Fsp3) is 0.952. The lowest BCUT2D eigenvalue weighted by Gasteiger charge is -2.46. The second-order valence-corrected chi connectivity index (χ2v) is 22.9. The van der Waals surface area contributed by atoms with Crippen molar-refractivity contribution in [3.05, 3.63) is 12.2 Å². The molecule has 450 valence electrons. The number of aliphatic hydroxyl groups is 8. The predicted molar refractivity (Wildman–Crippen MR) is 305 cm³/mol. The third kappa shape index (κ3) is 33.5. The number of aliphatic hydroxyl groups excluding tert-OH is 8. The molecule has 12 atom stereocenters. The summed E-state index contributed by atoms with van der Waals surface area (Å²) < 4.78 is 22.9. The monoisotopic (exact) mass is 1090 g/mol. The number of amides is 1. The Morgan fingerprint density at radius 1 is 0.461 bits per heavy atom. The van der Waals surface area contributed by atoms with E-state index in [1.165, 1.54) is 186 Å². The van der Waals surface area contributed by atoms with Crippen molar-refractivity contribution in [2.45, 2.75) is 357 Å². The van der Waals surface area contributed by atoms with E-state index >= 15 is 0 Å². The van der Waals surface area contributed by atoms with E-state index in [2.05, 4.69) is 31.3 Å². The molecule has 2 rings (SSSR count). The van der Waals surface area contributed by atoms with E-state index in [-0.39, 0.29) is 12.5 Å². The molecule has 0 aromatic heterocycles. The van der Waals surface area contributed by atoms with Crippen molar-refractivity contribution in [1.29, 1.82) is 0 Å². The molecule has 12 unspecified atom stereocenters. The fourth-order valence-corrected chi connectivity index (χ4v) is 10.8. The molecule has 0 aromatic rings. The van der Waals surface area contributed by atoms with Crippen molar-refractivity contribution >= 4 is 5.91 Å². The van der Waals surface area contributed by atoms with Gasteiger partial charge in [-0.05, 0) is 38.5 Å². The highest BCUT2D eigenvalue weighted by Gasteiger charge is 2.51. The topological polar surface area (TPSA) is 228 Å². The Morgan fingerprint density at radius 2 is 0.829 bits per heavy atom. The first-order chi connectivity index (χ1) is 37.1. The summed E-state index contributed by atoms with van der Waals surface area (Å²) in [7, 11) is 0. The molecular formula is C62H119NO13. The van der Waals surface area contributed by atoms with Crippen LogP contribution in [0.15, 0.2) is 12.2 Å². The zero-order valence-electron chi connectivity index (χ0n) is 48.5. The van der Waals surface area contributed by atoms with Gasteiger partial charge in [0, 0.05) is 6.42 Å². The molecule has 0 spiro atoms. The molecular weight excluding hydrogens is 967 g/mol. The van der Waals surface area contributed by atoms with Crippen molar-refractivity contribution in [3.63, 3.8) is 0 Å². The van der Waals surface area contributed by atoms with Crippen LogP contribution in [-0.4, -0.2) is 140 Å². The molecule has 0 radical (unpaired) electrons. The van der Waals surface area contributed by atoms with Crippen LogP contribution in [0.3, 0.4) is 0 Å². The summed E-state index contributed by atoms with van der Waals surface area (Å²) in [5, 5.41) is 87.4. The third-order valence-corrected chi connectivity index (χ3v) is 16.0. The van der Waals surface area contributed by atoms with Crippen LogP contribution in [0.4, 0.5) is 0 Å². The molecule has 1 amide bonds. The molecule has 2 heterocycles. The standard InChI is InChI=1S/C62H119NO13/c1-3-5-7-9-11-13-15-17-19-21-22-23-24-25-26-27-28-29-30-31-33-35-37-39-41-43-45-51(66)50(63-54(67)46-44-42-40-38-36-34-32-20-18-16-14-12-10-8-6-4-2)49-73-61-59(72)57(70)60(53(48-65)75-61)76-62-58(71)56(69)55(68)52(47-64)74-62/h20,32,50-53,55-62,64-66,68-72H,3-19,21-31,33-49H2,1-2H3,(H,63,67)/b32-20-. The molecule has 0 aliphatic carbocycles. The van der Waals surface area contributed by atoms with Gasteiger partial charge in [-0.15, -0.1) is 0 Å². The Kier molecular flexibility index (Phi) is 45.1. The van der Waals surface area contributed by atoms with Crippen LogP contribution in [0.5, 0.6) is 0 Å². The maximum absolute atomic E-state index is 13.3. The summed E-state index contributed by atoms with van der Waals surface area (Å²) in [6.45, 7) is 2.89. The molecule has 14 heteroatoms. The molecule has 9 N–H and O–H groups in total. The van der Waals surface area contributed by atoms with Gasteiger partial charge < -0.3 is 65.1 Å². The summed E-state index contributed by atoms with van der Waals surface area (Å²) in [5.74, 6) is -0.211. The maximum Gasteiger partial charge on any atom is 0.220 e. The van der Waals surface area contributed by atoms with E-state index in [0.717, 1.165) is 64.2 Å². The fourth-order valence-electron chi connectivity index (χ4n) is 10.8. The Labute approximate surface area is 463 Å². The van der Waals surface area contributed by atoms with Gasteiger partial charge in [0.2, 0.25) is 5.91 Å². The zero-order chi connectivity index (χ0) is 55.3. The minimum absolute atomic E-state index is 0.211. The van der Waals surface area contributed by atoms with Gasteiger partial charge in [-0.3, -0.25) is 4.79 Å². The van der Waals surface area contributed by atoms with Crippen molar-refractivity contribution < 1.29 is 64.6 Å². The number of hydrogen-bond donors (Lipinski definition) is 9. The predicted octanol–water partition coefficient (Wildman–Crippen LogP) is 11.5. The largest absolute Gasteiger partial charge is 0.394 e. The number of allylic oxidation sites excluding steroid dienone is 2. The van der Waals surface area contributed by atoms with Gasteiger partial charge in [-0.1, -0.05) is 251 Å². The lowest BCUT2D eigenvalue weighted by molar-refractivity contribution is -0.359. The highest BCUT2D eigenvalue weighted by molar-refractivity contribution is 5.76. The van der Waals surface area contributed by atoms with E-state index in [1.807, 2.05) is 0 Å². The van der Waals surface area contributed by atoms with Crippen molar-refractivity contribution in [3.8, 4) is 0 Å². The van der Waals surface area contributed by atoms with Crippen LogP contribution < -0.4 is 5.32 Å². The first kappa shape index (κ1) is 70.8. The molecule has 14 nitrogen and oxygen atoms in total. The van der Waals surface area contributed by atoms with Gasteiger partial charge in [0.05, 0.1) is 32.0 Å². The minimum Gasteiger partial charge on any atom is -0.394 e. The maximum atomic E-state index is 13.3. The second-order valence-electron chi connectivity index (χ2n) is 22.9. The summed E-state index contributed by atoms with van der Waals surface area (Å²) in [6, 6.07) is -0.830. The summed E-state index contributed by atoms with van der Waals surface area (Å²) >= 11 is 0. The molecule has 2 aliphatic heterocycles. The van der Waals surface area contributed by atoms with Crippen molar-refractivity contribution in [2.24, 2.45) is 0 Å². The molecule has 2 fully saturated rings. The van der Waals surface area contributed by atoms with E-state index in [4.69, 9.17) is 18.9 Å². The van der Waals surface area contributed by atoms with Crippen LogP contribution in [0.25, 0.3) is 0 Å². The van der Waals surface area contributed by atoms with Gasteiger partial charge in [-0.2, -0.15) is 0 Å². The highest BCUT2D eigenvalue weighted by Crippen LogP contribution is 2.30. The SMILES string of the molecule is CCCCCCCCC/C=C\CCCCCCCC(=O)NC(COC1OC(CO)C(OC2OC(CO)C(O)C(O)C2O)C(O)C1O)C(O)CCCCCCCCCCCCCCCCCCCCCCCCCCCC. The minimum atomic E-state index is -1.78. The number of carbonyl (C=O) groups excluding carboxylic acids is 1. The summed E-state index contributed by atoms with van der Waals surface area (Å²) in [6.07, 6.45) is 39.3. The zero-order valence-corrected chi connectivity index (χ0v) is 48.5. The number of unbranched alkanes of at least 4 members (excludes halogenated alkanes) is 37. The molecule has 2 saturated heterocycles. The van der Waals surface area contributed by atoms with Gasteiger partial charge in [0.1, 0.15) is 48.8 Å². The lowest BCUT2D eigenvalue weighted by atomic mass is 9.97. The van der Waals surface area contributed by atoms with Crippen LogP contribution in [0.2, 0.25) is 0 Å². The van der Waals surface area contributed by atoms with Crippen molar-refractivity contribution in [1.82, 2.24) is 5.32 Å². The Balaban J connectivity index is 1.70. The quantitative estimate of drug-likeness (QED) is 0.0204. The van der Waals surface area contributed by atoms with Crippen molar-refractivity contribution in [2.75, 3.05) is 19.8 Å². The highest BCUT2D eigenvalue weighted by atomic mass is 16.7. The van der Waals surface area contributed by atoms with Gasteiger partial charge in [0.15, 0.2) is 12.6 Å². The van der Waals surface area contributed by atoms with Crippen LogP contribution in [0.1, 0.15) is 284 Å². The average Bonchev–Trinajstić information content (AvgIpc) is 3.42. The smallest absolute Gasteiger partial charge is 0.220 e. The number of carbonyl (C=O) groups is 1. The second kappa shape index (κ2) is 48.4. The summed E-state index contributed by atoms with van der Waals surface area (Å²) in [5.41, 5.74) is 0. The van der Waals surface area contributed by atoms with Gasteiger partial charge >= 0.3 is 0 Å². The number of rotatable bonds is 52. The first-order valence-corrected chi connectivity index (χ1v) is 31.9. The average molecular weight is 1090 g/mol. The lowest BCUT2D eigenvalue weighted by Crippen LogP contribution is -2.65. The number of hydrogen-bond acceptors (Lipinski definition) is 13. The van der Waals surface area contributed by atoms with Crippen LogP contribution in [-0.2, 0) is 23.7 Å². The van der Waals surface area contributed by atoms with Gasteiger partial charge in [-0.25, -0.2) is 0 Å². The Morgan fingerprint density at radius 3 is 1.25 bits per heavy atom. The molecule has 2 aliphatic rings. The molecule has 0 bridgehead atoms. The normalized spacial score (nSPS) is 24.9. The van der Waals surface area contributed by atoms with E-state index in [1.54, 1.807) is 0 Å². The van der Waals surface area contributed by atoms with Crippen LogP contribution in [0, 0.1) is 0 Å². The van der Waals surface area contributed by atoms with Gasteiger partial charge in [0.25, 0.3) is 0 Å². The van der Waals surface area contributed by atoms with E-state index in [9.17, 15) is 45.6 Å².